The fourth-order valence-electron chi connectivity index (χ4n) is 2.74. The van der Waals surface area contributed by atoms with Crippen LogP contribution in [-0.2, 0) is 0 Å². The Bertz CT molecular complexity index is 356. The zero-order valence-corrected chi connectivity index (χ0v) is 17.6. The van der Waals surface area contributed by atoms with Crippen LogP contribution in [0.15, 0.2) is 28.0 Å². The molecule has 1 rings (SSSR count). The van der Waals surface area contributed by atoms with Crippen LogP contribution in [0, 0.1) is 6.07 Å². The van der Waals surface area contributed by atoms with Crippen molar-refractivity contribution >= 4 is 23.5 Å². The molecule has 0 aromatic heterocycles. The summed E-state index contributed by atoms with van der Waals surface area (Å²) in [5.74, 6) is 2.51. The van der Waals surface area contributed by atoms with Crippen molar-refractivity contribution in [3.8, 4) is 0 Å². The number of hydrogen-bond donors (Lipinski definition) is 0. The second-order valence-electron chi connectivity index (χ2n) is 6.64. The van der Waals surface area contributed by atoms with E-state index in [4.69, 9.17) is 0 Å². The van der Waals surface area contributed by atoms with Gasteiger partial charge in [0.05, 0.1) is 0 Å². The van der Waals surface area contributed by atoms with E-state index in [1.165, 1.54) is 98.3 Å². The maximum Gasteiger partial charge on any atom is 0.00892 e. The van der Waals surface area contributed by atoms with Gasteiger partial charge in [-0.25, -0.2) is 0 Å². The smallest absolute Gasteiger partial charge is 0.00892 e. The maximum atomic E-state index is 3.33. The van der Waals surface area contributed by atoms with Crippen molar-refractivity contribution in [1.82, 2.24) is 0 Å². The minimum Gasteiger partial charge on any atom is -0.126 e. The van der Waals surface area contributed by atoms with Crippen molar-refractivity contribution in [2.75, 3.05) is 11.5 Å². The predicted octanol–water partition coefficient (Wildman–Crippen LogP) is 8.39. The van der Waals surface area contributed by atoms with Gasteiger partial charge in [-0.1, -0.05) is 78.1 Å². The van der Waals surface area contributed by atoms with E-state index in [-0.39, 0.29) is 0 Å². The SMILES string of the molecule is CCCCCCCCSc1c[c]cc(SCCCCCCCC)c1. The summed E-state index contributed by atoms with van der Waals surface area (Å²) in [6.45, 7) is 4.56. The summed E-state index contributed by atoms with van der Waals surface area (Å²) in [6.07, 6.45) is 16.6. The average molecular weight is 366 g/mol. The van der Waals surface area contributed by atoms with Crippen molar-refractivity contribution in [2.24, 2.45) is 0 Å². The summed E-state index contributed by atoms with van der Waals surface area (Å²) in [6, 6.07) is 9.99. The van der Waals surface area contributed by atoms with E-state index in [9.17, 15) is 0 Å². The Labute approximate surface area is 160 Å². The first kappa shape index (κ1) is 22.0. The van der Waals surface area contributed by atoms with E-state index in [1.54, 1.807) is 0 Å². The number of benzene rings is 1. The first-order chi connectivity index (χ1) is 11.9. The predicted molar refractivity (Wildman–Crippen MR) is 113 cm³/mol. The van der Waals surface area contributed by atoms with Crippen LogP contribution in [0.3, 0.4) is 0 Å². The highest BCUT2D eigenvalue weighted by atomic mass is 32.2. The lowest BCUT2D eigenvalue weighted by Gasteiger charge is -2.06. The minimum atomic E-state index is 1.26. The highest BCUT2D eigenvalue weighted by Gasteiger charge is 1.99. The molecule has 0 saturated heterocycles. The molecule has 0 saturated carbocycles. The zero-order chi connectivity index (χ0) is 17.3. The zero-order valence-electron chi connectivity index (χ0n) is 15.9. The Kier molecular flexibility index (Phi) is 15.0. The van der Waals surface area contributed by atoms with Crippen molar-refractivity contribution in [3.63, 3.8) is 0 Å². The normalized spacial score (nSPS) is 11.1. The van der Waals surface area contributed by atoms with Gasteiger partial charge < -0.3 is 0 Å². The van der Waals surface area contributed by atoms with Gasteiger partial charge in [-0.2, -0.15) is 0 Å². The second kappa shape index (κ2) is 16.4. The van der Waals surface area contributed by atoms with Crippen LogP contribution in [0.5, 0.6) is 0 Å². The van der Waals surface area contributed by atoms with Gasteiger partial charge in [-0.3, -0.25) is 0 Å². The molecule has 2 heteroatoms. The average Bonchev–Trinajstić information content (AvgIpc) is 2.60. The molecule has 0 fully saturated rings. The second-order valence-corrected chi connectivity index (χ2v) is 8.97. The van der Waals surface area contributed by atoms with Gasteiger partial charge in [-0.05, 0) is 48.6 Å². The lowest BCUT2D eigenvalue weighted by atomic mass is 10.1. The summed E-state index contributed by atoms with van der Waals surface area (Å²) in [5.41, 5.74) is 0. The Morgan fingerprint density at radius 3 is 1.50 bits per heavy atom. The van der Waals surface area contributed by atoms with Crippen LogP contribution < -0.4 is 0 Å². The lowest BCUT2D eigenvalue weighted by molar-refractivity contribution is 0.627. The first-order valence-corrected chi connectivity index (χ1v) is 12.1. The molecule has 0 unspecified atom stereocenters. The van der Waals surface area contributed by atoms with E-state index in [1.807, 2.05) is 23.5 Å². The van der Waals surface area contributed by atoms with Gasteiger partial charge in [0.2, 0.25) is 0 Å². The van der Waals surface area contributed by atoms with Crippen LogP contribution in [0.1, 0.15) is 90.9 Å². The molecule has 0 aliphatic rings. The summed E-state index contributed by atoms with van der Waals surface area (Å²) < 4.78 is 0. The molecule has 0 spiro atoms. The Morgan fingerprint density at radius 2 is 1.04 bits per heavy atom. The van der Waals surface area contributed by atoms with E-state index >= 15 is 0 Å². The number of hydrogen-bond acceptors (Lipinski definition) is 2. The molecule has 0 N–H and O–H groups in total. The summed E-state index contributed by atoms with van der Waals surface area (Å²) in [7, 11) is 0. The van der Waals surface area contributed by atoms with E-state index in [0.717, 1.165) is 0 Å². The third-order valence-electron chi connectivity index (χ3n) is 4.27. The maximum absolute atomic E-state index is 3.33. The fraction of sp³-hybridized carbons (Fsp3) is 0.727. The van der Waals surface area contributed by atoms with E-state index in [0.29, 0.717) is 0 Å². The fourth-order valence-corrected chi connectivity index (χ4v) is 4.71. The minimum absolute atomic E-state index is 1.26. The van der Waals surface area contributed by atoms with Gasteiger partial charge in [0, 0.05) is 9.79 Å². The molecule has 137 valence electrons. The third-order valence-corrected chi connectivity index (χ3v) is 6.39. The molecular formula is C22H37S2. The Balaban J connectivity index is 2.08. The molecule has 1 aromatic carbocycles. The number of thioether (sulfide) groups is 2. The largest absolute Gasteiger partial charge is 0.126 e. The molecule has 0 nitrogen and oxygen atoms in total. The van der Waals surface area contributed by atoms with Crippen LogP contribution >= 0.6 is 23.5 Å². The molecule has 0 aliphatic carbocycles. The van der Waals surface area contributed by atoms with Gasteiger partial charge >= 0.3 is 0 Å². The number of unbranched alkanes of at least 4 members (excludes halogenated alkanes) is 10. The van der Waals surface area contributed by atoms with Crippen LogP contribution in [0.25, 0.3) is 0 Å². The van der Waals surface area contributed by atoms with Crippen LogP contribution in [0.4, 0.5) is 0 Å². The Morgan fingerprint density at radius 1 is 0.625 bits per heavy atom. The van der Waals surface area contributed by atoms with Gasteiger partial charge in [0.15, 0.2) is 0 Å². The quantitative estimate of drug-likeness (QED) is 0.213. The van der Waals surface area contributed by atoms with E-state index < -0.39 is 0 Å². The molecule has 0 atom stereocenters. The van der Waals surface area contributed by atoms with Gasteiger partial charge in [0.1, 0.15) is 0 Å². The molecule has 0 aliphatic heterocycles. The van der Waals surface area contributed by atoms with Gasteiger partial charge in [-0.15, -0.1) is 23.5 Å². The van der Waals surface area contributed by atoms with Crippen LogP contribution in [0.2, 0.25) is 0 Å². The van der Waals surface area contributed by atoms with Crippen LogP contribution in [-0.4, -0.2) is 11.5 Å². The van der Waals surface area contributed by atoms with Crippen molar-refractivity contribution in [3.05, 3.63) is 24.3 Å². The summed E-state index contributed by atoms with van der Waals surface area (Å²) >= 11 is 4.01. The van der Waals surface area contributed by atoms with E-state index in [2.05, 4.69) is 38.1 Å². The Hall–Kier alpha value is -0.0800. The van der Waals surface area contributed by atoms with Gasteiger partial charge in [0.25, 0.3) is 0 Å². The highest BCUT2D eigenvalue weighted by Crippen LogP contribution is 2.26. The van der Waals surface area contributed by atoms with Crippen molar-refractivity contribution in [1.29, 1.82) is 0 Å². The third kappa shape index (κ3) is 12.3. The summed E-state index contributed by atoms with van der Waals surface area (Å²) in [4.78, 5) is 2.80. The number of rotatable bonds is 16. The molecule has 0 amide bonds. The monoisotopic (exact) mass is 365 g/mol. The highest BCUT2D eigenvalue weighted by molar-refractivity contribution is 8.00. The molecule has 0 bridgehead atoms. The molecule has 1 aromatic rings. The van der Waals surface area contributed by atoms with Crippen molar-refractivity contribution in [2.45, 2.75) is 101 Å². The summed E-state index contributed by atoms with van der Waals surface area (Å²) in [5, 5.41) is 0. The molecule has 0 heterocycles. The topological polar surface area (TPSA) is 0 Å². The standard InChI is InChI=1S/C22H37S2/c1-3-5-7-9-11-13-18-23-21-16-15-17-22(20-21)24-19-14-12-10-8-6-4-2/h16-17,20H,3-14,18-19H2,1-2H3. The van der Waals surface area contributed by atoms with Crippen molar-refractivity contribution < 1.29 is 0 Å². The molecule has 24 heavy (non-hydrogen) atoms. The molecule has 1 radical (unpaired) electrons. The first-order valence-electron chi connectivity index (χ1n) is 10.1. The lowest BCUT2D eigenvalue weighted by Crippen LogP contribution is -1.85. The molecular weight excluding hydrogens is 328 g/mol.